The quantitative estimate of drug-likeness (QED) is 0.441. The van der Waals surface area contributed by atoms with Gasteiger partial charge in [0.15, 0.2) is 0 Å². The fourth-order valence-electron chi connectivity index (χ4n) is 1.38. The molecule has 2 saturated heterocycles. The fraction of sp³-hybridized carbons (Fsp3) is 1.00. The normalized spacial score (nSPS) is 38.2. The molecule has 46 valence electrons. The predicted molar refractivity (Wildman–Crippen MR) is 30.8 cm³/mol. The zero-order valence-corrected chi connectivity index (χ0v) is 4.97. The molecule has 0 bridgehead atoms. The Balaban J connectivity index is 1.92. The molecule has 0 aromatic heterocycles. The molecular weight excluding hydrogens is 102 g/mol. The van der Waals surface area contributed by atoms with Crippen molar-refractivity contribution >= 4 is 0 Å². The van der Waals surface area contributed by atoms with Crippen LogP contribution in [0.15, 0.2) is 0 Å². The Labute approximate surface area is 49.4 Å². The maximum atomic E-state index is 5.26. The van der Waals surface area contributed by atoms with Crippen molar-refractivity contribution in [1.29, 1.82) is 0 Å². The average Bonchev–Trinajstić information content (AvgIpc) is 1.72. The molecule has 1 unspecified atom stereocenters. The van der Waals surface area contributed by atoms with Crippen molar-refractivity contribution in [3.63, 3.8) is 0 Å². The Morgan fingerprint density at radius 3 is 2.75 bits per heavy atom. The van der Waals surface area contributed by atoms with Gasteiger partial charge in [-0.1, -0.05) is 0 Å². The number of hydrogen-bond acceptors (Lipinski definition) is 2. The van der Waals surface area contributed by atoms with Gasteiger partial charge in [-0.05, 0) is 6.42 Å². The molecule has 2 fully saturated rings. The highest BCUT2D eigenvalue weighted by atomic mass is 16.5. The van der Waals surface area contributed by atoms with E-state index in [2.05, 4.69) is 4.90 Å². The second kappa shape index (κ2) is 1.71. The molecule has 8 heavy (non-hydrogen) atoms. The summed E-state index contributed by atoms with van der Waals surface area (Å²) in [4.78, 5) is 2.49. The lowest BCUT2D eigenvalue weighted by Gasteiger charge is -2.43. The monoisotopic (exact) mass is 113 g/mol. The van der Waals surface area contributed by atoms with Crippen LogP contribution in [-0.2, 0) is 4.74 Å². The summed E-state index contributed by atoms with van der Waals surface area (Å²) < 4.78 is 5.26. The number of rotatable bonds is 0. The van der Waals surface area contributed by atoms with Crippen LogP contribution in [0, 0.1) is 0 Å². The average molecular weight is 113 g/mol. The molecule has 1 atom stereocenters. The van der Waals surface area contributed by atoms with Gasteiger partial charge in [-0.15, -0.1) is 0 Å². The number of morpholine rings is 1. The third-order valence-electron chi connectivity index (χ3n) is 2.10. The maximum absolute atomic E-state index is 5.26. The first kappa shape index (κ1) is 4.77. The second-order valence-corrected chi connectivity index (χ2v) is 2.55. The molecule has 0 amide bonds. The summed E-state index contributed by atoms with van der Waals surface area (Å²) in [7, 11) is 0. The summed E-state index contributed by atoms with van der Waals surface area (Å²) in [5.74, 6) is 0. The minimum atomic E-state index is 0.795. The second-order valence-electron chi connectivity index (χ2n) is 2.55. The number of fused-ring (bicyclic) bond motifs is 1. The standard InChI is InChI=1S/C6H11NO/c1-2-7-3-4-8-5-6(1)7/h6H,1-5H2. The third kappa shape index (κ3) is 0.565. The van der Waals surface area contributed by atoms with Gasteiger partial charge in [-0.3, -0.25) is 4.90 Å². The Hall–Kier alpha value is -0.0800. The van der Waals surface area contributed by atoms with Gasteiger partial charge in [0.1, 0.15) is 0 Å². The van der Waals surface area contributed by atoms with E-state index in [1.165, 1.54) is 19.5 Å². The van der Waals surface area contributed by atoms with Crippen LogP contribution >= 0.6 is 0 Å². The van der Waals surface area contributed by atoms with E-state index in [0.29, 0.717) is 0 Å². The highest BCUT2D eigenvalue weighted by molar-refractivity contribution is 4.84. The number of nitrogens with zero attached hydrogens (tertiary/aromatic N) is 1. The highest BCUT2D eigenvalue weighted by Crippen LogP contribution is 2.19. The molecule has 0 saturated carbocycles. The maximum Gasteiger partial charge on any atom is 0.0622 e. The van der Waals surface area contributed by atoms with Gasteiger partial charge >= 0.3 is 0 Å². The molecule has 0 N–H and O–H groups in total. The number of hydrogen-bond donors (Lipinski definition) is 0. The first-order valence-corrected chi connectivity index (χ1v) is 3.28. The van der Waals surface area contributed by atoms with Crippen LogP contribution in [-0.4, -0.2) is 37.2 Å². The van der Waals surface area contributed by atoms with Crippen LogP contribution in [0.3, 0.4) is 0 Å². The van der Waals surface area contributed by atoms with E-state index in [4.69, 9.17) is 4.74 Å². The van der Waals surface area contributed by atoms with Crippen molar-refractivity contribution in [2.24, 2.45) is 0 Å². The van der Waals surface area contributed by atoms with Crippen LogP contribution < -0.4 is 0 Å². The topological polar surface area (TPSA) is 12.5 Å². The molecule has 2 aliphatic rings. The van der Waals surface area contributed by atoms with Crippen molar-refractivity contribution in [1.82, 2.24) is 4.90 Å². The smallest absolute Gasteiger partial charge is 0.0622 e. The lowest BCUT2D eigenvalue weighted by molar-refractivity contribution is -0.0569. The molecule has 0 aliphatic carbocycles. The summed E-state index contributed by atoms with van der Waals surface area (Å²) in [5, 5.41) is 0. The third-order valence-corrected chi connectivity index (χ3v) is 2.10. The Kier molecular flexibility index (Phi) is 1.02. The molecule has 0 radical (unpaired) electrons. The van der Waals surface area contributed by atoms with Gasteiger partial charge < -0.3 is 4.74 Å². The predicted octanol–water partition coefficient (Wildman–Crippen LogP) is 0.0909. The Bertz CT molecular complexity index is 82.5. The van der Waals surface area contributed by atoms with E-state index < -0.39 is 0 Å². The SMILES string of the molecule is C1CN2CCC2CO1. The minimum absolute atomic E-state index is 0.795. The van der Waals surface area contributed by atoms with Crippen LogP contribution in [0.2, 0.25) is 0 Å². The summed E-state index contributed by atoms with van der Waals surface area (Å²) in [5.41, 5.74) is 0. The van der Waals surface area contributed by atoms with E-state index in [1.54, 1.807) is 0 Å². The van der Waals surface area contributed by atoms with Crippen LogP contribution in [0.4, 0.5) is 0 Å². The first-order chi connectivity index (χ1) is 3.97. The van der Waals surface area contributed by atoms with Crippen molar-refractivity contribution in [3.8, 4) is 0 Å². The summed E-state index contributed by atoms with van der Waals surface area (Å²) in [6.45, 7) is 4.43. The Morgan fingerprint density at radius 2 is 2.38 bits per heavy atom. The molecule has 2 rings (SSSR count). The molecule has 0 aromatic rings. The van der Waals surface area contributed by atoms with Gasteiger partial charge in [0.25, 0.3) is 0 Å². The van der Waals surface area contributed by atoms with Crippen LogP contribution in [0.1, 0.15) is 6.42 Å². The van der Waals surface area contributed by atoms with Crippen LogP contribution in [0.25, 0.3) is 0 Å². The van der Waals surface area contributed by atoms with Crippen molar-refractivity contribution in [2.75, 3.05) is 26.3 Å². The minimum Gasteiger partial charge on any atom is -0.378 e. The lowest BCUT2D eigenvalue weighted by atomic mass is 10.0. The lowest BCUT2D eigenvalue weighted by Crippen LogP contribution is -2.54. The van der Waals surface area contributed by atoms with E-state index in [0.717, 1.165) is 19.3 Å². The molecular formula is C6H11NO. The zero-order valence-electron chi connectivity index (χ0n) is 4.97. The molecule has 2 nitrogen and oxygen atoms in total. The van der Waals surface area contributed by atoms with Crippen molar-refractivity contribution in [3.05, 3.63) is 0 Å². The highest BCUT2D eigenvalue weighted by Gasteiger charge is 2.29. The fourth-order valence-corrected chi connectivity index (χ4v) is 1.38. The van der Waals surface area contributed by atoms with E-state index >= 15 is 0 Å². The van der Waals surface area contributed by atoms with Gasteiger partial charge in [0, 0.05) is 19.1 Å². The molecule has 2 heterocycles. The van der Waals surface area contributed by atoms with Crippen molar-refractivity contribution < 1.29 is 4.74 Å². The molecule has 2 heteroatoms. The molecule has 2 aliphatic heterocycles. The van der Waals surface area contributed by atoms with Gasteiger partial charge in [-0.2, -0.15) is 0 Å². The van der Waals surface area contributed by atoms with E-state index in [9.17, 15) is 0 Å². The molecule has 0 aromatic carbocycles. The van der Waals surface area contributed by atoms with Gasteiger partial charge in [0.05, 0.1) is 13.2 Å². The zero-order chi connectivity index (χ0) is 5.40. The Morgan fingerprint density at radius 1 is 1.38 bits per heavy atom. The summed E-state index contributed by atoms with van der Waals surface area (Å²) in [6, 6.07) is 0.795. The number of ether oxygens (including phenoxy) is 1. The summed E-state index contributed by atoms with van der Waals surface area (Å²) in [6.07, 6.45) is 1.36. The van der Waals surface area contributed by atoms with Crippen LogP contribution in [0.5, 0.6) is 0 Å². The van der Waals surface area contributed by atoms with Gasteiger partial charge in [0.2, 0.25) is 0 Å². The molecule has 0 spiro atoms. The van der Waals surface area contributed by atoms with Crippen molar-refractivity contribution in [2.45, 2.75) is 12.5 Å². The van der Waals surface area contributed by atoms with E-state index in [-0.39, 0.29) is 0 Å². The largest absolute Gasteiger partial charge is 0.378 e. The first-order valence-electron chi connectivity index (χ1n) is 3.28. The summed E-state index contributed by atoms with van der Waals surface area (Å²) >= 11 is 0. The van der Waals surface area contributed by atoms with E-state index in [1.807, 2.05) is 0 Å². The van der Waals surface area contributed by atoms with Gasteiger partial charge in [-0.25, -0.2) is 0 Å².